The van der Waals surface area contributed by atoms with E-state index in [1.165, 1.54) is 24.0 Å². The van der Waals surface area contributed by atoms with Gasteiger partial charge in [-0.2, -0.15) is 0 Å². The number of hydrogen-bond acceptors (Lipinski definition) is 4. The molecule has 14 heavy (non-hydrogen) atoms. The molecule has 0 radical (unpaired) electrons. The van der Waals surface area contributed by atoms with Crippen molar-refractivity contribution in [3.8, 4) is 0 Å². The van der Waals surface area contributed by atoms with E-state index in [9.17, 15) is 4.79 Å². The Morgan fingerprint density at radius 2 is 2.50 bits per heavy atom. The molecule has 0 fully saturated rings. The molecule has 0 aliphatic heterocycles. The Morgan fingerprint density at radius 3 is 3.14 bits per heavy atom. The van der Waals surface area contributed by atoms with Crippen LogP contribution in [0.4, 0.5) is 0 Å². The molecule has 76 valence electrons. The predicted molar refractivity (Wildman–Crippen MR) is 53.8 cm³/mol. The number of methoxy groups -OCH3 is 1. The summed E-state index contributed by atoms with van der Waals surface area (Å²) in [6.07, 6.45) is 3.04. The second kappa shape index (κ2) is 5.62. The highest BCUT2D eigenvalue weighted by molar-refractivity contribution is 7.99. The zero-order valence-corrected chi connectivity index (χ0v) is 8.58. The van der Waals surface area contributed by atoms with Gasteiger partial charge in [0.15, 0.2) is 0 Å². The van der Waals surface area contributed by atoms with E-state index >= 15 is 0 Å². The molecule has 0 saturated carbocycles. The summed E-state index contributed by atoms with van der Waals surface area (Å²) in [7, 11) is 1.61. The first-order valence-corrected chi connectivity index (χ1v) is 5.03. The zero-order chi connectivity index (χ0) is 10.4. The largest absolute Gasteiger partial charge is 0.478 e. The number of carboxylic acid groups (broad SMARTS) is 1. The first-order valence-electron chi connectivity index (χ1n) is 4.04. The molecule has 1 aromatic heterocycles. The number of thioether (sulfide) groups is 1. The summed E-state index contributed by atoms with van der Waals surface area (Å²) in [5.74, 6) is -0.199. The number of hydrogen-bond donors (Lipinski definition) is 1. The number of ether oxygens (including phenoxy) is 1. The molecule has 0 atom stereocenters. The minimum absolute atomic E-state index is 0.293. The van der Waals surface area contributed by atoms with E-state index in [1.54, 1.807) is 13.3 Å². The molecule has 0 aliphatic rings. The van der Waals surface area contributed by atoms with Gasteiger partial charge in [0.1, 0.15) is 0 Å². The quantitative estimate of drug-likeness (QED) is 0.593. The van der Waals surface area contributed by atoms with E-state index in [2.05, 4.69) is 4.98 Å². The molecule has 1 rings (SSSR count). The van der Waals surface area contributed by atoms with Crippen LogP contribution in [0.3, 0.4) is 0 Å². The van der Waals surface area contributed by atoms with Crippen molar-refractivity contribution in [1.29, 1.82) is 0 Å². The van der Waals surface area contributed by atoms with Gasteiger partial charge >= 0.3 is 5.97 Å². The molecule has 0 amide bonds. The minimum Gasteiger partial charge on any atom is -0.478 e. The second-order valence-electron chi connectivity index (χ2n) is 2.52. The Balaban J connectivity index is 2.69. The smallest absolute Gasteiger partial charge is 0.336 e. The fourth-order valence-corrected chi connectivity index (χ4v) is 1.82. The molecular formula is C9H11NO3S. The normalized spacial score (nSPS) is 10.1. The molecule has 0 spiro atoms. The van der Waals surface area contributed by atoms with Crippen LogP contribution in [0.1, 0.15) is 10.4 Å². The number of carboxylic acids is 1. The van der Waals surface area contributed by atoms with Crippen LogP contribution in [0.5, 0.6) is 0 Å². The molecule has 4 nitrogen and oxygen atoms in total. The fourth-order valence-electron chi connectivity index (χ4n) is 0.907. The molecular weight excluding hydrogens is 202 g/mol. The third-order valence-electron chi connectivity index (χ3n) is 1.56. The Hall–Kier alpha value is -1.07. The lowest BCUT2D eigenvalue weighted by molar-refractivity contribution is 0.0693. The van der Waals surface area contributed by atoms with Gasteiger partial charge in [-0.25, -0.2) is 4.79 Å². The van der Waals surface area contributed by atoms with Crippen LogP contribution in [-0.4, -0.2) is 35.5 Å². The summed E-state index contributed by atoms with van der Waals surface area (Å²) in [4.78, 5) is 15.3. The minimum atomic E-state index is -0.924. The van der Waals surface area contributed by atoms with Crippen LogP contribution in [-0.2, 0) is 4.74 Å². The number of nitrogens with zero attached hydrogens (tertiary/aromatic N) is 1. The van der Waals surface area contributed by atoms with Crippen LogP contribution in [0.2, 0.25) is 0 Å². The molecule has 1 aromatic rings. The third kappa shape index (κ3) is 3.01. The summed E-state index contributed by atoms with van der Waals surface area (Å²) in [5.41, 5.74) is 0.293. The summed E-state index contributed by atoms with van der Waals surface area (Å²) >= 11 is 1.43. The van der Waals surface area contributed by atoms with Crippen molar-refractivity contribution in [2.75, 3.05) is 19.5 Å². The van der Waals surface area contributed by atoms with Crippen molar-refractivity contribution < 1.29 is 14.6 Å². The average molecular weight is 213 g/mol. The summed E-state index contributed by atoms with van der Waals surface area (Å²) in [5, 5.41) is 8.85. The Morgan fingerprint density at radius 1 is 1.71 bits per heavy atom. The molecule has 0 bridgehead atoms. The fraction of sp³-hybridized carbons (Fsp3) is 0.333. The molecule has 0 unspecified atom stereocenters. The van der Waals surface area contributed by atoms with E-state index in [1.807, 2.05) is 0 Å². The van der Waals surface area contributed by atoms with Crippen molar-refractivity contribution >= 4 is 17.7 Å². The van der Waals surface area contributed by atoms with Gasteiger partial charge in [-0.05, 0) is 6.07 Å². The molecule has 0 saturated heterocycles. The molecule has 0 aromatic carbocycles. The van der Waals surface area contributed by atoms with Crippen molar-refractivity contribution in [3.05, 3.63) is 24.0 Å². The first-order chi connectivity index (χ1) is 6.75. The lowest BCUT2D eigenvalue weighted by atomic mass is 10.3. The molecule has 5 heteroatoms. The van der Waals surface area contributed by atoms with E-state index in [4.69, 9.17) is 9.84 Å². The van der Waals surface area contributed by atoms with Crippen LogP contribution in [0.25, 0.3) is 0 Å². The highest BCUT2D eigenvalue weighted by Gasteiger charge is 2.09. The van der Waals surface area contributed by atoms with E-state index in [0.29, 0.717) is 17.1 Å². The van der Waals surface area contributed by atoms with Gasteiger partial charge in [0, 0.05) is 30.2 Å². The van der Waals surface area contributed by atoms with Gasteiger partial charge in [-0.1, -0.05) is 0 Å². The summed E-state index contributed by atoms with van der Waals surface area (Å²) < 4.78 is 4.88. The van der Waals surface area contributed by atoms with Crippen LogP contribution >= 0.6 is 11.8 Å². The Labute approximate surface area is 86.3 Å². The van der Waals surface area contributed by atoms with E-state index in [-0.39, 0.29) is 0 Å². The van der Waals surface area contributed by atoms with Gasteiger partial charge in [-0.15, -0.1) is 11.8 Å². The first kappa shape index (κ1) is 11.0. The molecule has 1 N–H and O–H groups in total. The number of pyridine rings is 1. The van der Waals surface area contributed by atoms with Crippen LogP contribution in [0.15, 0.2) is 23.4 Å². The van der Waals surface area contributed by atoms with Gasteiger partial charge in [0.2, 0.25) is 0 Å². The second-order valence-corrected chi connectivity index (χ2v) is 3.65. The van der Waals surface area contributed by atoms with Gasteiger partial charge in [0.05, 0.1) is 12.2 Å². The van der Waals surface area contributed by atoms with Gasteiger partial charge in [0.25, 0.3) is 0 Å². The Kier molecular flexibility index (Phi) is 4.42. The Bertz CT molecular complexity index is 317. The average Bonchev–Trinajstić information content (AvgIpc) is 2.19. The summed E-state index contributed by atoms with van der Waals surface area (Å²) in [6, 6.07) is 1.50. The standard InChI is InChI=1S/C9H11NO3S/c1-13-4-5-14-8-6-10-3-2-7(8)9(11)12/h2-3,6H,4-5H2,1H3,(H,11,12). The predicted octanol–water partition coefficient (Wildman–Crippen LogP) is 1.52. The lowest BCUT2D eigenvalue weighted by Gasteiger charge is -2.03. The number of rotatable bonds is 5. The topological polar surface area (TPSA) is 59.4 Å². The lowest BCUT2D eigenvalue weighted by Crippen LogP contribution is -2.00. The number of aromatic carboxylic acids is 1. The monoisotopic (exact) mass is 213 g/mol. The highest BCUT2D eigenvalue weighted by Crippen LogP contribution is 2.21. The van der Waals surface area contributed by atoms with E-state index in [0.717, 1.165) is 5.75 Å². The molecule has 1 heterocycles. The number of aromatic nitrogens is 1. The van der Waals surface area contributed by atoms with Crippen molar-refractivity contribution in [2.45, 2.75) is 4.90 Å². The third-order valence-corrected chi connectivity index (χ3v) is 2.57. The van der Waals surface area contributed by atoms with Crippen molar-refractivity contribution in [3.63, 3.8) is 0 Å². The zero-order valence-electron chi connectivity index (χ0n) is 7.77. The van der Waals surface area contributed by atoms with Crippen LogP contribution in [0, 0.1) is 0 Å². The highest BCUT2D eigenvalue weighted by atomic mass is 32.2. The summed E-state index contributed by atoms with van der Waals surface area (Å²) in [6.45, 7) is 0.596. The van der Waals surface area contributed by atoms with Gasteiger partial charge in [-0.3, -0.25) is 4.98 Å². The number of carbonyl (C=O) groups is 1. The van der Waals surface area contributed by atoms with E-state index < -0.39 is 5.97 Å². The van der Waals surface area contributed by atoms with Crippen molar-refractivity contribution in [2.24, 2.45) is 0 Å². The maximum atomic E-state index is 10.8. The van der Waals surface area contributed by atoms with Crippen LogP contribution < -0.4 is 0 Å². The maximum absolute atomic E-state index is 10.8. The maximum Gasteiger partial charge on any atom is 0.336 e. The SMILES string of the molecule is COCCSc1cnccc1C(=O)O. The van der Waals surface area contributed by atoms with Crippen molar-refractivity contribution in [1.82, 2.24) is 4.98 Å². The molecule has 0 aliphatic carbocycles. The van der Waals surface area contributed by atoms with Gasteiger partial charge < -0.3 is 9.84 Å².